The summed E-state index contributed by atoms with van der Waals surface area (Å²) in [4.78, 5) is 0. The van der Waals surface area contributed by atoms with Gasteiger partial charge in [-0.05, 0) is 30.7 Å². The zero-order valence-corrected chi connectivity index (χ0v) is 9.68. The van der Waals surface area contributed by atoms with Crippen molar-refractivity contribution in [3.8, 4) is 0 Å². The summed E-state index contributed by atoms with van der Waals surface area (Å²) < 4.78 is 75.1. The maximum absolute atomic E-state index is 12.5. The Hall–Kier alpha value is -1.28. The van der Waals surface area contributed by atoms with Gasteiger partial charge in [0.2, 0.25) is 0 Å². The van der Waals surface area contributed by atoms with Gasteiger partial charge in [-0.15, -0.1) is 0 Å². The van der Waals surface area contributed by atoms with Gasteiger partial charge in [0, 0.05) is 6.04 Å². The molecule has 0 spiro atoms. The van der Waals surface area contributed by atoms with Crippen LogP contribution in [0.1, 0.15) is 29.7 Å². The van der Waals surface area contributed by atoms with Crippen LogP contribution < -0.4 is 5.73 Å². The third kappa shape index (κ3) is 3.84. The zero-order valence-electron chi connectivity index (χ0n) is 9.68. The average molecular weight is 287 g/mol. The Morgan fingerprint density at radius 2 is 1.32 bits per heavy atom. The molecule has 1 unspecified atom stereocenters. The van der Waals surface area contributed by atoms with E-state index in [4.69, 9.17) is 5.73 Å². The number of aliphatic hydroxyl groups excluding tert-OH is 1. The van der Waals surface area contributed by atoms with E-state index >= 15 is 0 Å². The molecule has 0 aliphatic carbocycles. The van der Waals surface area contributed by atoms with Crippen molar-refractivity contribution in [2.24, 2.45) is 5.73 Å². The first-order chi connectivity index (χ1) is 8.43. The topological polar surface area (TPSA) is 46.2 Å². The van der Waals surface area contributed by atoms with Crippen molar-refractivity contribution in [3.05, 3.63) is 34.9 Å². The van der Waals surface area contributed by atoms with Gasteiger partial charge in [-0.3, -0.25) is 0 Å². The fourth-order valence-corrected chi connectivity index (χ4v) is 1.45. The van der Waals surface area contributed by atoms with Gasteiger partial charge in [0.15, 0.2) is 0 Å². The van der Waals surface area contributed by atoms with Crippen LogP contribution in [0.2, 0.25) is 0 Å². The van der Waals surface area contributed by atoms with Gasteiger partial charge in [0.1, 0.15) is 0 Å². The number of halogens is 6. The number of alkyl halides is 6. The highest BCUT2D eigenvalue weighted by Gasteiger charge is 2.37. The first kappa shape index (κ1) is 15.8. The van der Waals surface area contributed by atoms with Crippen molar-refractivity contribution < 1.29 is 31.4 Å². The highest BCUT2D eigenvalue weighted by molar-refractivity contribution is 5.35. The second kappa shape index (κ2) is 5.01. The molecule has 2 nitrogen and oxygen atoms in total. The van der Waals surface area contributed by atoms with Crippen LogP contribution >= 0.6 is 0 Å². The Labute approximate surface area is 104 Å². The van der Waals surface area contributed by atoms with Crippen molar-refractivity contribution in [1.29, 1.82) is 0 Å². The van der Waals surface area contributed by atoms with E-state index in [0.717, 1.165) is 0 Å². The van der Waals surface area contributed by atoms with Crippen molar-refractivity contribution in [3.63, 3.8) is 0 Å². The quantitative estimate of drug-likeness (QED) is 0.821. The minimum atomic E-state index is -4.94. The molecule has 108 valence electrons. The Morgan fingerprint density at radius 1 is 0.947 bits per heavy atom. The van der Waals surface area contributed by atoms with Crippen LogP contribution in [0.5, 0.6) is 0 Å². The van der Waals surface area contributed by atoms with Gasteiger partial charge < -0.3 is 10.8 Å². The van der Waals surface area contributed by atoms with Gasteiger partial charge in [-0.25, -0.2) is 0 Å². The van der Waals surface area contributed by atoms with E-state index < -0.39 is 41.2 Å². The molecule has 1 aromatic rings. The number of aliphatic hydroxyl groups is 1. The lowest BCUT2D eigenvalue weighted by molar-refractivity contribution is -0.143. The monoisotopic (exact) mass is 287 g/mol. The number of benzene rings is 1. The highest BCUT2D eigenvalue weighted by atomic mass is 19.4. The minimum Gasteiger partial charge on any atom is -0.387 e. The number of rotatable bonds is 2. The lowest BCUT2D eigenvalue weighted by Crippen LogP contribution is -2.25. The second-order valence-corrected chi connectivity index (χ2v) is 4.14. The molecule has 0 aliphatic rings. The fourth-order valence-electron chi connectivity index (χ4n) is 1.45. The molecular weight excluding hydrogens is 276 g/mol. The van der Waals surface area contributed by atoms with Crippen LogP contribution in [0.4, 0.5) is 26.3 Å². The first-order valence-electron chi connectivity index (χ1n) is 5.16. The van der Waals surface area contributed by atoms with Gasteiger partial charge in [0.05, 0.1) is 17.2 Å². The van der Waals surface area contributed by atoms with Gasteiger partial charge in [0.25, 0.3) is 0 Å². The molecule has 0 aromatic heterocycles. The average Bonchev–Trinajstić information content (AvgIpc) is 2.24. The molecule has 1 rings (SSSR count). The smallest absolute Gasteiger partial charge is 0.387 e. The van der Waals surface area contributed by atoms with Crippen molar-refractivity contribution in [2.75, 3.05) is 0 Å². The first-order valence-corrected chi connectivity index (χ1v) is 5.16. The van der Waals surface area contributed by atoms with Crippen LogP contribution in [0.3, 0.4) is 0 Å². The highest BCUT2D eigenvalue weighted by Crippen LogP contribution is 2.37. The molecule has 0 amide bonds. The second-order valence-electron chi connectivity index (χ2n) is 4.14. The van der Waals surface area contributed by atoms with E-state index in [9.17, 15) is 31.4 Å². The molecule has 8 heteroatoms. The SMILES string of the molecule is C[C@H](N)C(O)c1cc(C(F)(F)F)cc(C(F)(F)F)c1. The molecular formula is C11H11F6NO. The van der Waals surface area contributed by atoms with Crippen molar-refractivity contribution >= 4 is 0 Å². The molecule has 19 heavy (non-hydrogen) atoms. The van der Waals surface area contributed by atoms with Crippen molar-refractivity contribution in [1.82, 2.24) is 0 Å². The largest absolute Gasteiger partial charge is 0.416 e. The summed E-state index contributed by atoms with van der Waals surface area (Å²) in [6.45, 7) is 1.28. The summed E-state index contributed by atoms with van der Waals surface area (Å²) >= 11 is 0. The molecule has 3 N–H and O–H groups in total. The number of nitrogens with two attached hydrogens (primary N) is 1. The third-order valence-corrected chi connectivity index (χ3v) is 2.45. The minimum absolute atomic E-state index is 0.00258. The van der Waals surface area contributed by atoms with Crippen LogP contribution in [0.25, 0.3) is 0 Å². The third-order valence-electron chi connectivity index (χ3n) is 2.45. The summed E-state index contributed by atoms with van der Waals surface area (Å²) in [6, 6.07) is -0.0752. The van der Waals surface area contributed by atoms with Crippen molar-refractivity contribution in [2.45, 2.75) is 31.4 Å². The molecule has 2 atom stereocenters. The maximum atomic E-state index is 12.5. The summed E-state index contributed by atoms with van der Waals surface area (Å²) in [6.07, 6.45) is -11.5. The zero-order chi connectivity index (χ0) is 15.0. The van der Waals surface area contributed by atoms with E-state index in [1.54, 1.807) is 0 Å². The van der Waals surface area contributed by atoms with E-state index in [1.807, 2.05) is 0 Å². The maximum Gasteiger partial charge on any atom is 0.416 e. The van der Waals surface area contributed by atoms with Crippen LogP contribution in [0.15, 0.2) is 18.2 Å². The molecule has 0 aliphatic heterocycles. The number of hydrogen-bond acceptors (Lipinski definition) is 2. The molecule has 0 saturated heterocycles. The summed E-state index contributed by atoms with van der Waals surface area (Å²) in [5.74, 6) is 0. The summed E-state index contributed by atoms with van der Waals surface area (Å²) in [5.41, 5.74) is 1.81. The molecule has 0 radical (unpaired) electrons. The van der Waals surface area contributed by atoms with Crippen LogP contribution in [-0.2, 0) is 12.4 Å². The van der Waals surface area contributed by atoms with E-state index in [-0.39, 0.29) is 6.07 Å². The Kier molecular flexibility index (Phi) is 4.16. The normalized spacial score (nSPS) is 16.3. The summed E-state index contributed by atoms with van der Waals surface area (Å²) in [5, 5.41) is 9.52. The van der Waals surface area contributed by atoms with E-state index in [2.05, 4.69) is 0 Å². The van der Waals surface area contributed by atoms with Crippen LogP contribution in [0, 0.1) is 0 Å². The molecule has 0 saturated carbocycles. The Balaban J connectivity index is 3.41. The van der Waals surface area contributed by atoms with Gasteiger partial charge in [-0.1, -0.05) is 0 Å². The fraction of sp³-hybridized carbons (Fsp3) is 0.455. The van der Waals surface area contributed by atoms with E-state index in [0.29, 0.717) is 12.1 Å². The molecule has 0 bridgehead atoms. The Bertz CT molecular complexity index is 419. The molecule has 0 fully saturated rings. The molecule has 0 heterocycles. The number of hydrogen-bond donors (Lipinski definition) is 2. The van der Waals surface area contributed by atoms with Gasteiger partial charge >= 0.3 is 12.4 Å². The van der Waals surface area contributed by atoms with E-state index in [1.165, 1.54) is 6.92 Å². The van der Waals surface area contributed by atoms with Gasteiger partial charge in [-0.2, -0.15) is 26.3 Å². The lowest BCUT2D eigenvalue weighted by atomic mass is 9.98. The summed E-state index contributed by atoms with van der Waals surface area (Å²) in [7, 11) is 0. The standard InChI is InChI=1S/C11H11F6NO/c1-5(18)9(19)6-2-7(10(12,13)14)4-8(3-6)11(15,16)17/h2-5,9,19H,18H2,1H3/t5-,9?/m0/s1. The predicted octanol–water partition coefficient (Wildman–Crippen LogP) is 3.10. The molecule has 1 aromatic carbocycles. The van der Waals surface area contributed by atoms with Crippen LogP contribution in [-0.4, -0.2) is 11.1 Å². The lowest BCUT2D eigenvalue weighted by Gasteiger charge is -2.19. The Morgan fingerprint density at radius 3 is 1.58 bits per heavy atom. The predicted molar refractivity (Wildman–Crippen MR) is 55.1 cm³/mol.